The first-order valence-electron chi connectivity index (χ1n) is 4.65. The highest BCUT2D eigenvalue weighted by atomic mass is 19.1. The second-order valence-corrected chi connectivity index (χ2v) is 3.34. The monoisotopic (exact) mass is 204 g/mol. The zero-order valence-electron chi connectivity index (χ0n) is 7.98. The van der Waals surface area contributed by atoms with Crippen LogP contribution >= 0.6 is 0 Å². The van der Waals surface area contributed by atoms with Crippen LogP contribution in [0.1, 0.15) is 18.4 Å². The van der Waals surface area contributed by atoms with Crippen LogP contribution in [0.25, 0.3) is 0 Å². The zero-order chi connectivity index (χ0) is 10.7. The Morgan fingerprint density at radius 1 is 1.47 bits per heavy atom. The van der Waals surface area contributed by atoms with Gasteiger partial charge in [0.1, 0.15) is 11.9 Å². The normalized spacial score (nSPS) is 19.2. The molecule has 0 amide bonds. The summed E-state index contributed by atoms with van der Waals surface area (Å²) in [6.07, 6.45) is 0.781. The number of benzene rings is 1. The molecule has 0 saturated heterocycles. The van der Waals surface area contributed by atoms with E-state index in [1.165, 1.54) is 12.1 Å². The lowest BCUT2D eigenvalue weighted by molar-refractivity contribution is 0.0891. The van der Waals surface area contributed by atoms with Gasteiger partial charge in [-0.2, -0.15) is 5.26 Å². The average Bonchev–Trinajstić information content (AvgIpc) is 2.68. The molecule has 0 bridgehead atoms. The van der Waals surface area contributed by atoms with E-state index in [9.17, 15) is 4.39 Å². The summed E-state index contributed by atoms with van der Waals surface area (Å²) in [5.74, 6) is -0.271. The molecule has 1 aliphatic rings. The highest BCUT2D eigenvalue weighted by molar-refractivity contribution is 6.01. The fraction of sp³-hybridized carbons (Fsp3) is 0.273. The number of rotatable bonds is 2. The smallest absolute Gasteiger partial charge is 0.146 e. The molecule has 1 aliphatic heterocycles. The van der Waals surface area contributed by atoms with Crippen LogP contribution in [0.5, 0.6) is 0 Å². The van der Waals surface area contributed by atoms with E-state index < -0.39 is 0 Å². The van der Waals surface area contributed by atoms with Gasteiger partial charge < -0.3 is 4.84 Å². The van der Waals surface area contributed by atoms with Crippen molar-refractivity contribution in [2.24, 2.45) is 5.16 Å². The number of halogens is 1. The number of hydrogen-bond acceptors (Lipinski definition) is 3. The Morgan fingerprint density at radius 3 is 2.87 bits per heavy atom. The molecule has 1 heterocycles. The van der Waals surface area contributed by atoms with Gasteiger partial charge in [-0.3, -0.25) is 0 Å². The average molecular weight is 204 g/mol. The van der Waals surface area contributed by atoms with Crippen molar-refractivity contribution in [3.63, 3.8) is 0 Å². The molecular formula is C11H9FN2O. The van der Waals surface area contributed by atoms with E-state index in [-0.39, 0.29) is 11.9 Å². The van der Waals surface area contributed by atoms with Crippen molar-refractivity contribution in [3.8, 4) is 6.07 Å². The summed E-state index contributed by atoms with van der Waals surface area (Å²) in [6, 6.07) is 8.12. The third-order valence-electron chi connectivity index (χ3n) is 2.23. The fourth-order valence-corrected chi connectivity index (χ4v) is 1.45. The maximum absolute atomic E-state index is 12.7. The van der Waals surface area contributed by atoms with Crippen molar-refractivity contribution in [2.45, 2.75) is 18.9 Å². The largest absolute Gasteiger partial charge is 0.391 e. The number of nitriles is 1. The van der Waals surface area contributed by atoms with Crippen molar-refractivity contribution < 1.29 is 9.23 Å². The highest BCUT2D eigenvalue weighted by Crippen LogP contribution is 2.18. The molecule has 2 rings (SSSR count). The number of hydrogen-bond donors (Lipinski definition) is 0. The van der Waals surface area contributed by atoms with Crippen LogP contribution in [-0.2, 0) is 4.84 Å². The van der Waals surface area contributed by atoms with Crippen molar-refractivity contribution in [1.29, 1.82) is 5.26 Å². The minimum atomic E-state index is -0.271. The SMILES string of the molecule is N#CC[C@@H]1CC(c2ccc(F)cc2)=NO1. The molecule has 15 heavy (non-hydrogen) atoms. The molecule has 76 valence electrons. The van der Waals surface area contributed by atoms with E-state index in [1.807, 2.05) is 6.07 Å². The molecule has 0 fully saturated rings. The van der Waals surface area contributed by atoms with Gasteiger partial charge in [0.2, 0.25) is 0 Å². The molecule has 1 atom stereocenters. The van der Waals surface area contributed by atoms with Gasteiger partial charge in [-0.05, 0) is 17.7 Å². The van der Waals surface area contributed by atoms with E-state index in [2.05, 4.69) is 5.16 Å². The molecule has 4 heteroatoms. The third-order valence-corrected chi connectivity index (χ3v) is 2.23. The van der Waals surface area contributed by atoms with Crippen LogP contribution < -0.4 is 0 Å². The van der Waals surface area contributed by atoms with E-state index in [4.69, 9.17) is 10.1 Å². The van der Waals surface area contributed by atoms with Gasteiger partial charge in [0.15, 0.2) is 0 Å². The van der Waals surface area contributed by atoms with Gasteiger partial charge in [-0.15, -0.1) is 0 Å². The molecule has 0 saturated carbocycles. The van der Waals surface area contributed by atoms with E-state index >= 15 is 0 Å². The lowest BCUT2D eigenvalue weighted by Crippen LogP contribution is -2.07. The van der Waals surface area contributed by atoms with Crippen LogP contribution in [0, 0.1) is 17.1 Å². The topological polar surface area (TPSA) is 45.4 Å². The molecule has 0 unspecified atom stereocenters. The van der Waals surface area contributed by atoms with Crippen molar-refractivity contribution in [1.82, 2.24) is 0 Å². The molecule has 0 N–H and O–H groups in total. The second kappa shape index (κ2) is 4.09. The predicted molar refractivity (Wildman–Crippen MR) is 52.7 cm³/mol. The van der Waals surface area contributed by atoms with Gasteiger partial charge in [-0.25, -0.2) is 4.39 Å². The quantitative estimate of drug-likeness (QED) is 0.741. The lowest BCUT2D eigenvalue weighted by atomic mass is 10.0. The molecule has 0 aromatic heterocycles. The first-order chi connectivity index (χ1) is 7.29. The standard InChI is InChI=1S/C11H9FN2O/c12-9-3-1-8(2-4-9)11-7-10(5-6-13)15-14-11/h1-4,10H,5,7H2/t10-/m1/s1. The van der Waals surface area contributed by atoms with E-state index in [0.717, 1.165) is 11.3 Å². The Bertz CT molecular complexity index is 419. The van der Waals surface area contributed by atoms with Gasteiger partial charge in [0.25, 0.3) is 0 Å². The zero-order valence-corrected chi connectivity index (χ0v) is 7.98. The first-order valence-corrected chi connectivity index (χ1v) is 4.65. The minimum absolute atomic E-state index is 0.157. The van der Waals surface area contributed by atoms with Crippen LogP contribution in [0.2, 0.25) is 0 Å². The molecule has 0 spiro atoms. The Balaban J connectivity index is 2.08. The van der Waals surface area contributed by atoms with Crippen molar-refractivity contribution in [2.75, 3.05) is 0 Å². The molecule has 0 radical (unpaired) electrons. The first kappa shape index (κ1) is 9.66. The molecule has 1 aromatic rings. The summed E-state index contributed by atoms with van der Waals surface area (Å²) in [4.78, 5) is 5.06. The Hall–Kier alpha value is -1.89. The van der Waals surface area contributed by atoms with Gasteiger partial charge in [0, 0.05) is 6.42 Å². The Kier molecular flexibility index (Phi) is 2.64. The molecule has 0 aliphatic carbocycles. The van der Waals surface area contributed by atoms with Crippen molar-refractivity contribution in [3.05, 3.63) is 35.6 Å². The van der Waals surface area contributed by atoms with Crippen LogP contribution in [0.3, 0.4) is 0 Å². The number of oxime groups is 1. The summed E-state index contributed by atoms with van der Waals surface area (Å²) in [5, 5.41) is 12.4. The fourth-order valence-electron chi connectivity index (χ4n) is 1.45. The van der Waals surface area contributed by atoms with E-state index in [0.29, 0.717) is 12.8 Å². The van der Waals surface area contributed by atoms with E-state index in [1.54, 1.807) is 12.1 Å². The lowest BCUT2D eigenvalue weighted by Gasteiger charge is -2.00. The minimum Gasteiger partial charge on any atom is -0.391 e. The van der Waals surface area contributed by atoms with Gasteiger partial charge in [-0.1, -0.05) is 17.3 Å². The van der Waals surface area contributed by atoms with Gasteiger partial charge in [0.05, 0.1) is 18.2 Å². The van der Waals surface area contributed by atoms with Crippen LogP contribution in [-0.4, -0.2) is 11.8 Å². The Morgan fingerprint density at radius 2 is 2.20 bits per heavy atom. The van der Waals surface area contributed by atoms with Crippen LogP contribution in [0.15, 0.2) is 29.4 Å². The molecule has 1 aromatic carbocycles. The van der Waals surface area contributed by atoms with Crippen LogP contribution in [0.4, 0.5) is 4.39 Å². The summed E-state index contributed by atoms with van der Waals surface area (Å²) in [5.41, 5.74) is 1.62. The summed E-state index contributed by atoms with van der Waals surface area (Å²) < 4.78 is 12.7. The van der Waals surface area contributed by atoms with Gasteiger partial charge >= 0.3 is 0 Å². The maximum Gasteiger partial charge on any atom is 0.146 e. The number of nitrogens with zero attached hydrogens (tertiary/aromatic N) is 2. The Labute approximate surface area is 86.8 Å². The second-order valence-electron chi connectivity index (χ2n) is 3.34. The molecule has 3 nitrogen and oxygen atoms in total. The van der Waals surface area contributed by atoms with Crippen molar-refractivity contribution >= 4 is 5.71 Å². The highest BCUT2D eigenvalue weighted by Gasteiger charge is 2.21. The molecular weight excluding hydrogens is 195 g/mol. The third kappa shape index (κ3) is 2.13. The summed E-state index contributed by atoms with van der Waals surface area (Å²) in [6.45, 7) is 0. The summed E-state index contributed by atoms with van der Waals surface area (Å²) >= 11 is 0. The maximum atomic E-state index is 12.7. The predicted octanol–water partition coefficient (Wildman–Crippen LogP) is 2.23. The summed E-state index contributed by atoms with van der Waals surface area (Å²) in [7, 11) is 0.